The first-order chi connectivity index (χ1) is 7.33. The van der Waals surface area contributed by atoms with Crippen LogP contribution in [0.2, 0.25) is 0 Å². The number of nitrogens with two attached hydrogens (primary N) is 1. The summed E-state index contributed by atoms with van der Waals surface area (Å²) in [5.41, 5.74) is 7.28. The minimum absolute atomic E-state index is 0.225. The Morgan fingerprint density at radius 1 is 1.47 bits per heavy atom. The van der Waals surface area contributed by atoms with Crippen molar-refractivity contribution in [2.45, 2.75) is 31.8 Å². The van der Waals surface area contributed by atoms with E-state index in [1.165, 1.54) is 0 Å². The van der Waals surface area contributed by atoms with E-state index in [1.54, 1.807) is 6.33 Å². The number of aromatic nitrogens is 2. The molecular weight excluding hydrogens is 188 g/mol. The minimum Gasteiger partial charge on any atom is -0.326 e. The standard InChI is InChI=1S/C11H18N4/c1-2-4-15-5-3-10(12)11(15)9-6-13-8-14-7-9/h6-8,10-11H,2-5,12H2,1H3/t10-,11+/m1/s1. The smallest absolute Gasteiger partial charge is 0.115 e. The summed E-state index contributed by atoms with van der Waals surface area (Å²) in [6, 6.07) is 0.536. The van der Waals surface area contributed by atoms with Crippen LogP contribution >= 0.6 is 0 Å². The second-order valence-electron chi connectivity index (χ2n) is 4.11. The molecule has 2 N–H and O–H groups in total. The average Bonchev–Trinajstić information content (AvgIpc) is 2.62. The van der Waals surface area contributed by atoms with Gasteiger partial charge in [-0.2, -0.15) is 0 Å². The molecule has 1 saturated heterocycles. The fourth-order valence-electron chi connectivity index (χ4n) is 2.34. The topological polar surface area (TPSA) is 55.0 Å². The summed E-state index contributed by atoms with van der Waals surface area (Å²) < 4.78 is 0. The van der Waals surface area contributed by atoms with Crippen LogP contribution in [0.15, 0.2) is 18.7 Å². The van der Waals surface area contributed by atoms with Crippen molar-refractivity contribution in [2.24, 2.45) is 5.73 Å². The molecule has 1 aromatic rings. The van der Waals surface area contributed by atoms with Gasteiger partial charge >= 0.3 is 0 Å². The van der Waals surface area contributed by atoms with Crippen LogP contribution in [0.25, 0.3) is 0 Å². The molecule has 4 nitrogen and oxygen atoms in total. The fourth-order valence-corrected chi connectivity index (χ4v) is 2.34. The van der Waals surface area contributed by atoms with Crippen molar-refractivity contribution in [1.29, 1.82) is 0 Å². The molecule has 0 aliphatic carbocycles. The molecule has 0 spiro atoms. The Balaban J connectivity index is 2.17. The molecule has 0 amide bonds. The summed E-state index contributed by atoms with van der Waals surface area (Å²) in [4.78, 5) is 10.6. The summed E-state index contributed by atoms with van der Waals surface area (Å²) in [5, 5.41) is 0. The van der Waals surface area contributed by atoms with Gasteiger partial charge in [0.2, 0.25) is 0 Å². The van der Waals surface area contributed by atoms with E-state index in [2.05, 4.69) is 21.8 Å². The van der Waals surface area contributed by atoms with Crippen molar-refractivity contribution in [3.63, 3.8) is 0 Å². The Labute approximate surface area is 90.5 Å². The van der Waals surface area contributed by atoms with Gasteiger partial charge in [-0.1, -0.05) is 6.92 Å². The molecule has 1 aromatic heterocycles. The predicted molar refractivity (Wildman–Crippen MR) is 59.2 cm³/mol. The molecule has 1 aliphatic rings. The predicted octanol–water partition coefficient (Wildman–Crippen LogP) is 0.961. The molecule has 0 radical (unpaired) electrons. The molecular formula is C11H18N4. The SMILES string of the molecule is CCCN1CC[C@@H](N)[C@@H]1c1cncnc1. The summed E-state index contributed by atoms with van der Waals surface area (Å²) in [6.45, 7) is 4.39. The maximum absolute atomic E-state index is 6.13. The Morgan fingerprint density at radius 3 is 2.87 bits per heavy atom. The van der Waals surface area contributed by atoms with Crippen LogP contribution in [0.4, 0.5) is 0 Å². The van der Waals surface area contributed by atoms with Gasteiger partial charge in [0, 0.05) is 30.5 Å². The second kappa shape index (κ2) is 4.68. The molecule has 0 unspecified atom stereocenters. The highest BCUT2D eigenvalue weighted by atomic mass is 15.2. The van der Waals surface area contributed by atoms with Crippen LogP contribution in [0.1, 0.15) is 31.4 Å². The van der Waals surface area contributed by atoms with Crippen LogP contribution in [0.3, 0.4) is 0 Å². The van der Waals surface area contributed by atoms with Gasteiger partial charge in [0.05, 0.1) is 6.04 Å². The third-order valence-corrected chi connectivity index (χ3v) is 2.98. The highest BCUT2D eigenvalue weighted by Crippen LogP contribution is 2.30. The third-order valence-electron chi connectivity index (χ3n) is 2.98. The van der Waals surface area contributed by atoms with E-state index in [0.717, 1.165) is 31.5 Å². The molecule has 0 aromatic carbocycles. The van der Waals surface area contributed by atoms with Gasteiger partial charge in [-0.05, 0) is 19.4 Å². The van der Waals surface area contributed by atoms with Gasteiger partial charge in [-0.15, -0.1) is 0 Å². The number of likely N-dealkylation sites (tertiary alicyclic amines) is 1. The first-order valence-electron chi connectivity index (χ1n) is 5.57. The molecule has 82 valence electrons. The number of hydrogen-bond acceptors (Lipinski definition) is 4. The highest BCUT2D eigenvalue weighted by Gasteiger charge is 2.32. The normalized spacial score (nSPS) is 27.1. The largest absolute Gasteiger partial charge is 0.326 e. The molecule has 2 heterocycles. The van der Waals surface area contributed by atoms with E-state index < -0.39 is 0 Å². The lowest BCUT2D eigenvalue weighted by atomic mass is 10.0. The Morgan fingerprint density at radius 2 is 2.20 bits per heavy atom. The lowest BCUT2D eigenvalue weighted by molar-refractivity contribution is 0.247. The van der Waals surface area contributed by atoms with Crippen LogP contribution in [0, 0.1) is 0 Å². The summed E-state index contributed by atoms with van der Waals surface area (Å²) in [7, 11) is 0. The van der Waals surface area contributed by atoms with Crippen LogP contribution in [0.5, 0.6) is 0 Å². The molecule has 0 saturated carbocycles. The fraction of sp³-hybridized carbons (Fsp3) is 0.636. The van der Waals surface area contributed by atoms with E-state index in [0.29, 0.717) is 6.04 Å². The average molecular weight is 206 g/mol. The molecule has 2 rings (SSSR count). The van der Waals surface area contributed by atoms with E-state index >= 15 is 0 Å². The second-order valence-corrected chi connectivity index (χ2v) is 4.11. The van der Waals surface area contributed by atoms with Crippen LogP contribution in [-0.4, -0.2) is 34.0 Å². The molecule has 0 bridgehead atoms. The summed E-state index contributed by atoms with van der Waals surface area (Å²) in [6.07, 6.45) is 7.56. The van der Waals surface area contributed by atoms with Crippen molar-refractivity contribution in [3.8, 4) is 0 Å². The number of nitrogens with zero attached hydrogens (tertiary/aromatic N) is 3. The van der Waals surface area contributed by atoms with Gasteiger partial charge in [0.25, 0.3) is 0 Å². The summed E-state index contributed by atoms with van der Waals surface area (Å²) in [5.74, 6) is 0. The Bertz CT molecular complexity index is 299. The first kappa shape index (κ1) is 10.5. The Kier molecular flexibility index (Phi) is 3.28. The van der Waals surface area contributed by atoms with Crippen molar-refractivity contribution in [1.82, 2.24) is 14.9 Å². The molecule has 1 aliphatic heterocycles. The zero-order chi connectivity index (χ0) is 10.7. The lowest BCUT2D eigenvalue weighted by Gasteiger charge is -2.25. The third kappa shape index (κ3) is 2.16. The minimum atomic E-state index is 0.225. The number of hydrogen-bond donors (Lipinski definition) is 1. The highest BCUT2D eigenvalue weighted by molar-refractivity contribution is 5.14. The zero-order valence-corrected chi connectivity index (χ0v) is 9.13. The van der Waals surface area contributed by atoms with Crippen LogP contribution < -0.4 is 5.73 Å². The van der Waals surface area contributed by atoms with Gasteiger partial charge in [-0.25, -0.2) is 9.97 Å². The van der Waals surface area contributed by atoms with E-state index in [1.807, 2.05) is 12.4 Å². The van der Waals surface area contributed by atoms with Crippen LogP contribution in [-0.2, 0) is 0 Å². The zero-order valence-electron chi connectivity index (χ0n) is 9.13. The summed E-state index contributed by atoms with van der Waals surface area (Å²) >= 11 is 0. The van der Waals surface area contributed by atoms with Crippen molar-refractivity contribution >= 4 is 0 Å². The molecule has 2 atom stereocenters. The van der Waals surface area contributed by atoms with Gasteiger partial charge < -0.3 is 5.73 Å². The first-order valence-corrected chi connectivity index (χ1v) is 5.57. The van der Waals surface area contributed by atoms with Crippen molar-refractivity contribution in [3.05, 3.63) is 24.3 Å². The van der Waals surface area contributed by atoms with Gasteiger partial charge in [0.15, 0.2) is 0 Å². The molecule has 15 heavy (non-hydrogen) atoms. The quantitative estimate of drug-likeness (QED) is 0.800. The van der Waals surface area contributed by atoms with Crippen molar-refractivity contribution in [2.75, 3.05) is 13.1 Å². The van der Waals surface area contributed by atoms with E-state index in [-0.39, 0.29) is 6.04 Å². The monoisotopic (exact) mass is 206 g/mol. The maximum Gasteiger partial charge on any atom is 0.115 e. The number of rotatable bonds is 3. The molecule has 1 fully saturated rings. The van der Waals surface area contributed by atoms with E-state index in [4.69, 9.17) is 5.73 Å². The maximum atomic E-state index is 6.13. The van der Waals surface area contributed by atoms with E-state index in [9.17, 15) is 0 Å². The molecule has 4 heteroatoms. The Hall–Kier alpha value is -1.00. The lowest BCUT2D eigenvalue weighted by Crippen LogP contribution is -2.32. The van der Waals surface area contributed by atoms with Gasteiger partial charge in [0.1, 0.15) is 6.33 Å². The van der Waals surface area contributed by atoms with Crippen molar-refractivity contribution < 1.29 is 0 Å². The van der Waals surface area contributed by atoms with Gasteiger partial charge in [-0.3, -0.25) is 4.90 Å².